The van der Waals surface area contributed by atoms with E-state index < -0.39 is 0 Å². The zero-order valence-electron chi connectivity index (χ0n) is 18.5. The van der Waals surface area contributed by atoms with E-state index in [2.05, 4.69) is 12.4 Å². The number of nitrogens with one attached hydrogen (secondary N) is 1. The van der Waals surface area contributed by atoms with Gasteiger partial charge in [0.15, 0.2) is 0 Å². The minimum absolute atomic E-state index is 0. The molecule has 0 fully saturated rings. The minimum atomic E-state index is -0.175. The van der Waals surface area contributed by atoms with E-state index in [0.29, 0.717) is 6.42 Å². The van der Waals surface area contributed by atoms with Crippen LogP contribution in [0.5, 0.6) is 0 Å². The first kappa shape index (κ1) is 27.6. The zero-order valence-corrected chi connectivity index (χ0v) is 19.5. The summed E-state index contributed by atoms with van der Waals surface area (Å²) in [5.41, 5.74) is 2.74. The van der Waals surface area contributed by atoms with Crippen molar-refractivity contribution in [3.05, 3.63) is 0 Å². The van der Waals surface area contributed by atoms with Crippen LogP contribution in [0.1, 0.15) is 124 Å². The van der Waals surface area contributed by atoms with Gasteiger partial charge in [0.2, 0.25) is 0 Å². The minimum Gasteiger partial charge on any atom is -1.00 e. The Morgan fingerprint density at radius 2 is 1.04 bits per heavy atom. The molecule has 1 N–H and O–H groups in total. The largest absolute Gasteiger partial charge is 1.00 e. The van der Waals surface area contributed by atoms with E-state index in [1.165, 1.54) is 96.3 Å². The Hall–Kier alpha value is 0.430. The Balaban J connectivity index is -0.00000264. The van der Waals surface area contributed by atoms with E-state index in [4.69, 9.17) is 4.84 Å². The van der Waals surface area contributed by atoms with Crippen LogP contribution in [0.2, 0.25) is 0 Å². The van der Waals surface area contributed by atoms with E-state index in [0.717, 1.165) is 13.0 Å². The zero-order chi connectivity index (χ0) is 17.7. The van der Waals surface area contributed by atoms with Gasteiger partial charge in [-0.25, -0.2) is 0 Å². The third-order valence-corrected chi connectivity index (χ3v) is 4.61. The molecule has 0 aromatic carbocycles. The van der Waals surface area contributed by atoms with Crippen molar-refractivity contribution in [3.63, 3.8) is 0 Å². The Bertz CT molecular complexity index is 268. The van der Waals surface area contributed by atoms with Crippen LogP contribution in [-0.4, -0.2) is 12.5 Å². The second-order valence-corrected chi connectivity index (χ2v) is 7.03. The molecule has 0 atom stereocenters. The van der Waals surface area contributed by atoms with Crippen LogP contribution in [0.25, 0.3) is 0 Å². The summed E-state index contributed by atoms with van der Waals surface area (Å²) >= 11 is 0. The van der Waals surface area contributed by atoms with Gasteiger partial charge in [0, 0.05) is 13.0 Å². The van der Waals surface area contributed by atoms with Gasteiger partial charge in [-0.1, -0.05) is 110 Å². The van der Waals surface area contributed by atoms with Gasteiger partial charge in [0.25, 0.3) is 0 Å². The molecule has 0 unspecified atom stereocenters. The average Bonchev–Trinajstić information content (AvgIpc) is 2.60. The summed E-state index contributed by atoms with van der Waals surface area (Å²) in [7, 11) is 0. The number of unbranched alkanes of at least 4 members (excludes halogenated alkanes) is 15. The molecule has 0 bridgehead atoms. The molecule has 0 aliphatic rings. The summed E-state index contributed by atoms with van der Waals surface area (Å²) in [5, 5.41) is 0. The van der Waals surface area contributed by atoms with Crippen LogP contribution >= 0.6 is 0 Å². The van der Waals surface area contributed by atoms with Crippen LogP contribution in [0.4, 0.5) is 0 Å². The van der Waals surface area contributed by atoms with Gasteiger partial charge in [0.05, 0.1) is 0 Å². The molecule has 0 amide bonds. The quantitative estimate of drug-likeness (QED) is 0.215. The summed E-state index contributed by atoms with van der Waals surface area (Å²) in [6.45, 7) is 4.87. The van der Waals surface area contributed by atoms with Crippen molar-refractivity contribution < 1.29 is 40.6 Å². The molecule has 0 saturated heterocycles. The number of hydrogen-bond donors (Lipinski definition) is 1. The van der Waals surface area contributed by atoms with Crippen molar-refractivity contribution in [2.75, 3.05) is 6.54 Å². The van der Waals surface area contributed by atoms with Crippen molar-refractivity contribution in [1.29, 1.82) is 0 Å². The molecule has 0 spiro atoms. The number of hydroxylamine groups is 1. The molecule has 0 rings (SSSR count). The summed E-state index contributed by atoms with van der Waals surface area (Å²) in [6, 6.07) is 0. The second-order valence-electron chi connectivity index (χ2n) is 7.03. The number of hydrogen-bond acceptors (Lipinski definition) is 3. The van der Waals surface area contributed by atoms with Crippen molar-refractivity contribution in [2.24, 2.45) is 0 Å². The fourth-order valence-corrected chi connectivity index (χ4v) is 2.95. The SMILES string of the molecule is CCCCCCCCCCCCCCCCCCNOC(=O)CC.[H-].[Na+]. The number of rotatable bonds is 19. The first-order chi connectivity index (χ1) is 11.8. The summed E-state index contributed by atoms with van der Waals surface area (Å²) in [4.78, 5) is 15.7. The molecule has 3 nitrogen and oxygen atoms in total. The predicted octanol–water partition coefficient (Wildman–Crippen LogP) is 3.82. The van der Waals surface area contributed by atoms with Crippen LogP contribution < -0.4 is 35.0 Å². The van der Waals surface area contributed by atoms with Gasteiger partial charge in [-0.2, -0.15) is 5.48 Å². The van der Waals surface area contributed by atoms with Gasteiger partial charge >= 0.3 is 35.5 Å². The topological polar surface area (TPSA) is 38.3 Å². The van der Waals surface area contributed by atoms with Crippen LogP contribution in [0.15, 0.2) is 0 Å². The molecule has 0 heterocycles. The molecule has 25 heavy (non-hydrogen) atoms. The smallest absolute Gasteiger partial charge is 1.00 e. The van der Waals surface area contributed by atoms with Crippen LogP contribution in [0.3, 0.4) is 0 Å². The third-order valence-electron chi connectivity index (χ3n) is 4.61. The van der Waals surface area contributed by atoms with Gasteiger partial charge in [-0.3, -0.25) is 4.79 Å². The third kappa shape index (κ3) is 24.4. The van der Waals surface area contributed by atoms with Crippen LogP contribution in [-0.2, 0) is 9.63 Å². The van der Waals surface area contributed by atoms with Crippen LogP contribution in [0, 0.1) is 0 Å². The van der Waals surface area contributed by atoms with E-state index in [-0.39, 0.29) is 37.0 Å². The normalized spacial score (nSPS) is 10.5. The molecular formula is C21H44NNaO2. The van der Waals surface area contributed by atoms with Crippen molar-refractivity contribution in [1.82, 2.24) is 5.48 Å². The number of carbonyl (C=O) groups is 1. The molecule has 0 aromatic rings. The van der Waals surface area contributed by atoms with E-state index in [1.54, 1.807) is 6.92 Å². The maximum absolute atomic E-state index is 10.9. The molecular weight excluding hydrogens is 321 g/mol. The maximum atomic E-state index is 10.9. The Morgan fingerprint density at radius 3 is 1.40 bits per heavy atom. The average molecular weight is 366 g/mol. The molecule has 0 aromatic heterocycles. The summed E-state index contributed by atoms with van der Waals surface area (Å²) in [5.74, 6) is -0.175. The van der Waals surface area contributed by atoms with Crippen molar-refractivity contribution in [3.8, 4) is 0 Å². The van der Waals surface area contributed by atoms with E-state index in [1.807, 2.05) is 0 Å². The molecule has 0 radical (unpaired) electrons. The van der Waals surface area contributed by atoms with Gasteiger partial charge in [-0.05, 0) is 6.42 Å². The first-order valence-corrected chi connectivity index (χ1v) is 10.7. The first-order valence-electron chi connectivity index (χ1n) is 10.7. The molecule has 146 valence electrons. The molecule has 4 heteroatoms. The van der Waals surface area contributed by atoms with Crippen molar-refractivity contribution in [2.45, 2.75) is 123 Å². The maximum Gasteiger partial charge on any atom is 1.00 e. The standard InChI is InChI=1S/C21H43NO2.Na.H/c1-3-5-6-7-8-9-10-11-12-13-14-15-16-17-18-19-20-22-24-21(23)4-2;;/h22H,3-20H2,1-2H3;;/q;+1;-1. The van der Waals surface area contributed by atoms with Gasteiger partial charge < -0.3 is 6.26 Å². The fourth-order valence-electron chi connectivity index (χ4n) is 2.95. The Morgan fingerprint density at radius 1 is 0.680 bits per heavy atom. The van der Waals surface area contributed by atoms with Gasteiger partial charge in [-0.15, -0.1) is 0 Å². The summed E-state index contributed by atoms with van der Waals surface area (Å²) in [6.07, 6.45) is 22.5. The van der Waals surface area contributed by atoms with Gasteiger partial charge in [0.1, 0.15) is 0 Å². The molecule has 0 saturated carbocycles. The van der Waals surface area contributed by atoms with Crippen molar-refractivity contribution >= 4 is 5.97 Å². The van der Waals surface area contributed by atoms with E-state index in [9.17, 15) is 4.79 Å². The summed E-state index contributed by atoms with van der Waals surface area (Å²) < 4.78 is 0. The number of carbonyl (C=O) groups excluding carboxylic acids is 1. The Labute approximate surface area is 181 Å². The monoisotopic (exact) mass is 365 g/mol. The predicted molar refractivity (Wildman–Crippen MR) is 105 cm³/mol. The molecule has 0 aliphatic heterocycles. The Kier molecular flexibility index (Phi) is 27.0. The second kappa shape index (κ2) is 24.4. The van der Waals surface area contributed by atoms with E-state index >= 15 is 0 Å². The molecule has 0 aliphatic carbocycles. The fraction of sp³-hybridized carbons (Fsp3) is 0.952.